The molecular weight excluding hydrogens is 172 g/mol. The summed E-state index contributed by atoms with van der Waals surface area (Å²) in [5.41, 5.74) is 10.2. The van der Waals surface area contributed by atoms with Gasteiger partial charge in [-0.1, -0.05) is 0 Å². The van der Waals surface area contributed by atoms with Crippen LogP contribution in [0.2, 0.25) is 0 Å². The lowest BCUT2D eigenvalue weighted by Crippen LogP contribution is -2.36. The second-order valence-corrected chi connectivity index (χ2v) is 2.78. The Morgan fingerprint density at radius 1 is 1.70 bits per heavy atom. The van der Waals surface area contributed by atoms with Gasteiger partial charge in [-0.15, -0.1) is 12.4 Å². The summed E-state index contributed by atoms with van der Waals surface area (Å²) >= 11 is 1.66. The molecule has 0 aliphatic rings. The Kier molecular flexibility index (Phi) is 9.13. The Morgan fingerprint density at radius 3 is 2.50 bits per heavy atom. The first-order chi connectivity index (χ1) is 4.18. The summed E-state index contributed by atoms with van der Waals surface area (Å²) in [6.45, 7) is 0. The molecule has 0 fully saturated rings. The van der Waals surface area contributed by atoms with Crippen molar-refractivity contribution >= 4 is 30.1 Å². The predicted octanol–water partition coefficient (Wildman–Crippen LogP) is -0.0261. The fraction of sp³-hybridized carbons (Fsp3) is 0.800. The van der Waals surface area contributed by atoms with E-state index in [0.29, 0.717) is 6.42 Å². The van der Waals surface area contributed by atoms with Crippen molar-refractivity contribution in [2.45, 2.75) is 12.5 Å². The molecule has 3 nitrogen and oxygen atoms in total. The summed E-state index contributed by atoms with van der Waals surface area (Å²) in [5, 5.41) is 0. The van der Waals surface area contributed by atoms with Gasteiger partial charge < -0.3 is 11.5 Å². The molecular formula is C5H13ClN2OS. The quantitative estimate of drug-likeness (QED) is 0.645. The number of carbonyl (C=O) groups excluding carboxylic acids is 1. The third-order valence-electron chi connectivity index (χ3n) is 0.998. The highest BCUT2D eigenvalue weighted by atomic mass is 35.5. The van der Waals surface area contributed by atoms with Crippen molar-refractivity contribution in [3.8, 4) is 0 Å². The average molecular weight is 185 g/mol. The van der Waals surface area contributed by atoms with E-state index >= 15 is 0 Å². The molecule has 0 aliphatic carbocycles. The van der Waals surface area contributed by atoms with E-state index in [1.54, 1.807) is 11.8 Å². The highest BCUT2D eigenvalue weighted by molar-refractivity contribution is 7.98. The van der Waals surface area contributed by atoms with Crippen LogP contribution in [0.15, 0.2) is 0 Å². The Hall–Kier alpha value is 0.0700. The molecule has 0 saturated carbocycles. The van der Waals surface area contributed by atoms with Crippen molar-refractivity contribution in [3.63, 3.8) is 0 Å². The Morgan fingerprint density at radius 2 is 2.20 bits per heavy atom. The fourth-order valence-electron chi connectivity index (χ4n) is 0.387. The maximum absolute atomic E-state index is 10.3. The van der Waals surface area contributed by atoms with Crippen LogP contribution in [0.1, 0.15) is 6.42 Å². The van der Waals surface area contributed by atoms with E-state index < -0.39 is 11.9 Å². The number of nitrogens with two attached hydrogens (primary N) is 2. The van der Waals surface area contributed by atoms with Crippen molar-refractivity contribution in [2.24, 2.45) is 11.5 Å². The molecule has 0 spiro atoms. The largest absolute Gasteiger partial charge is 0.368 e. The van der Waals surface area contributed by atoms with Gasteiger partial charge in [-0.25, -0.2) is 0 Å². The van der Waals surface area contributed by atoms with Crippen LogP contribution in [0.4, 0.5) is 0 Å². The molecule has 0 heterocycles. The van der Waals surface area contributed by atoms with Crippen LogP contribution in [0.3, 0.4) is 0 Å². The monoisotopic (exact) mass is 184 g/mol. The van der Waals surface area contributed by atoms with Crippen LogP contribution in [0.5, 0.6) is 0 Å². The summed E-state index contributed by atoms with van der Waals surface area (Å²) in [4.78, 5) is 10.3. The number of thioether (sulfide) groups is 1. The van der Waals surface area contributed by atoms with Gasteiger partial charge in [0, 0.05) is 0 Å². The first-order valence-corrected chi connectivity index (χ1v) is 4.11. The third-order valence-corrected chi connectivity index (χ3v) is 1.64. The number of amides is 1. The minimum absolute atomic E-state index is 0. The van der Waals surface area contributed by atoms with Gasteiger partial charge >= 0.3 is 0 Å². The molecule has 1 unspecified atom stereocenters. The zero-order chi connectivity index (χ0) is 7.28. The normalized spacial score (nSPS) is 11.8. The molecule has 10 heavy (non-hydrogen) atoms. The minimum Gasteiger partial charge on any atom is -0.368 e. The summed E-state index contributed by atoms with van der Waals surface area (Å²) in [6.07, 6.45) is 2.64. The van der Waals surface area contributed by atoms with Crippen LogP contribution in [-0.2, 0) is 4.79 Å². The highest BCUT2D eigenvalue weighted by Gasteiger charge is 2.06. The van der Waals surface area contributed by atoms with Gasteiger partial charge in [0.25, 0.3) is 0 Å². The zero-order valence-corrected chi connectivity index (χ0v) is 7.50. The smallest absolute Gasteiger partial charge is 0.234 e. The molecule has 0 aromatic rings. The van der Waals surface area contributed by atoms with Gasteiger partial charge in [0.05, 0.1) is 6.04 Å². The zero-order valence-electron chi connectivity index (χ0n) is 5.87. The second kappa shape index (κ2) is 7.18. The SMILES string of the molecule is CSCCC(N)C(N)=O.Cl. The first kappa shape index (κ1) is 12.7. The van der Waals surface area contributed by atoms with Gasteiger partial charge in [-0.3, -0.25) is 4.79 Å². The van der Waals surface area contributed by atoms with Gasteiger partial charge in [-0.05, 0) is 18.4 Å². The van der Waals surface area contributed by atoms with Gasteiger partial charge in [-0.2, -0.15) is 11.8 Å². The van der Waals surface area contributed by atoms with Crippen LogP contribution in [-0.4, -0.2) is 24.0 Å². The summed E-state index contributed by atoms with van der Waals surface area (Å²) in [7, 11) is 0. The molecule has 0 aromatic heterocycles. The molecule has 4 N–H and O–H groups in total. The van der Waals surface area contributed by atoms with Crippen LogP contribution >= 0.6 is 24.2 Å². The first-order valence-electron chi connectivity index (χ1n) is 2.72. The molecule has 0 aliphatic heterocycles. The number of hydrogen-bond donors (Lipinski definition) is 2. The van der Waals surface area contributed by atoms with Crippen molar-refractivity contribution in [3.05, 3.63) is 0 Å². The summed E-state index contributed by atoms with van der Waals surface area (Å²) in [5.74, 6) is 0.480. The van der Waals surface area contributed by atoms with Gasteiger partial charge in [0.2, 0.25) is 5.91 Å². The van der Waals surface area contributed by atoms with Crippen molar-refractivity contribution < 1.29 is 4.79 Å². The van der Waals surface area contributed by atoms with E-state index in [9.17, 15) is 4.79 Å². The number of rotatable bonds is 4. The molecule has 0 saturated heterocycles. The topological polar surface area (TPSA) is 69.1 Å². The summed E-state index contributed by atoms with van der Waals surface area (Å²) < 4.78 is 0. The molecule has 5 heteroatoms. The molecule has 0 bridgehead atoms. The molecule has 0 aromatic carbocycles. The molecule has 0 rings (SSSR count). The molecule has 62 valence electrons. The minimum atomic E-state index is -0.461. The van der Waals surface area contributed by atoms with E-state index in [0.717, 1.165) is 5.75 Å². The Bertz CT molecular complexity index is 102. The summed E-state index contributed by atoms with van der Waals surface area (Å²) in [6, 6.07) is -0.461. The lowest BCUT2D eigenvalue weighted by atomic mass is 10.2. The highest BCUT2D eigenvalue weighted by Crippen LogP contribution is 1.97. The average Bonchev–Trinajstić information content (AvgIpc) is 1.82. The lowest BCUT2D eigenvalue weighted by Gasteiger charge is -2.03. The maximum atomic E-state index is 10.3. The van der Waals surface area contributed by atoms with Crippen LogP contribution < -0.4 is 11.5 Å². The number of hydrogen-bond acceptors (Lipinski definition) is 3. The lowest BCUT2D eigenvalue weighted by molar-refractivity contribution is -0.119. The van der Waals surface area contributed by atoms with Crippen molar-refractivity contribution in [1.29, 1.82) is 0 Å². The Labute approximate surface area is 71.3 Å². The van der Waals surface area contributed by atoms with E-state index in [2.05, 4.69) is 0 Å². The second-order valence-electron chi connectivity index (χ2n) is 1.79. The van der Waals surface area contributed by atoms with Crippen molar-refractivity contribution in [1.82, 2.24) is 0 Å². The van der Waals surface area contributed by atoms with Crippen LogP contribution in [0, 0.1) is 0 Å². The maximum Gasteiger partial charge on any atom is 0.234 e. The van der Waals surface area contributed by atoms with E-state index in [-0.39, 0.29) is 12.4 Å². The standard InChI is InChI=1S/C5H12N2OS.ClH/c1-9-3-2-4(6)5(7)8;/h4H,2-3,6H2,1H3,(H2,7,8);1H. The molecule has 1 amide bonds. The Balaban J connectivity index is 0. The van der Waals surface area contributed by atoms with Gasteiger partial charge in [0.15, 0.2) is 0 Å². The van der Waals surface area contributed by atoms with Crippen molar-refractivity contribution in [2.75, 3.05) is 12.0 Å². The fourth-order valence-corrected chi connectivity index (χ4v) is 0.877. The van der Waals surface area contributed by atoms with E-state index in [1.165, 1.54) is 0 Å². The number of primary amides is 1. The molecule has 1 atom stereocenters. The number of halogens is 1. The van der Waals surface area contributed by atoms with E-state index in [1.807, 2.05) is 6.26 Å². The van der Waals surface area contributed by atoms with E-state index in [4.69, 9.17) is 11.5 Å². The van der Waals surface area contributed by atoms with Crippen LogP contribution in [0.25, 0.3) is 0 Å². The third kappa shape index (κ3) is 6.19. The predicted molar refractivity (Wildman–Crippen MR) is 47.4 cm³/mol. The number of carbonyl (C=O) groups is 1. The molecule has 0 radical (unpaired) electrons. The van der Waals surface area contributed by atoms with Gasteiger partial charge in [0.1, 0.15) is 0 Å².